The lowest BCUT2D eigenvalue weighted by Gasteiger charge is -2.08. The van der Waals surface area contributed by atoms with E-state index in [4.69, 9.17) is 26.2 Å². The lowest BCUT2D eigenvalue weighted by atomic mass is 10.1. The minimum atomic E-state index is -1.09. The first kappa shape index (κ1) is 13.6. The molecule has 1 aromatic heterocycles. The summed E-state index contributed by atoms with van der Waals surface area (Å²) in [6, 6.07) is 5.16. The molecule has 1 heterocycles. The number of benzene rings is 1. The fourth-order valence-electron chi connectivity index (χ4n) is 1.57. The Morgan fingerprint density at radius 2 is 2.00 bits per heavy atom. The highest BCUT2D eigenvalue weighted by atomic mass is 35.5. The molecule has 5 nitrogen and oxygen atoms in total. The molecule has 2 rings (SSSR count). The van der Waals surface area contributed by atoms with Crippen LogP contribution >= 0.6 is 23.1 Å². The molecule has 0 aliphatic heterocycles. The molecule has 0 amide bonds. The van der Waals surface area contributed by atoms with Crippen LogP contribution in [0.25, 0.3) is 11.3 Å². The summed E-state index contributed by atoms with van der Waals surface area (Å²) in [5, 5.41) is 9.08. The van der Waals surface area contributed by atoms with Crippen LogP contribution in [0, 0.1) is 0 Å². The van der Waals surface area contributed by atoms with Gasteiger partial charge in [0, 0.05) is 5.56 Å². The van der Waals surface area contributed by atoms with Gasteiger partial charge in [0.1, 0.15) is 5.69 Å². The molecule has 1 aromatic carbocycles. The Labute approximate surface area is 118 Å². The van der Waals surface area contributed by atoms with Crippen LogP contribution in [0.3, 0.4) is 0 Å². The second kappa shape index (κ2) is 5.46. The second-order valence-electron chi connectivity index (χ2n) is 3.55. The zero-order valence-electron chi connectivity index (χ0n) is 10.1. The van der Waals surface area contributed by atoms with Gasteiger partial charge in [-0.2, -0.15) is 4.37 Å². The van der Waals surface area contributed by atoms with Crippen LogP contribution in [0.2, 0.25) is 5.02 Å². The normalized spacial score (nSPS) is 10.3. The fourth-order valence-corrected chi connectivity index (χ4v) is 2.59. The van der Waals surface area contributed by atoms with Gasteiger partial charge in [-0.3, -0.25) is 0 Å². The molecule has 0 aliphatic carbocycles. The van der Waals surface area contributed by atoms with Gasteiger partial charge in [-0.05, 0) is 29.7 Å². The second-order valence-corrected chi connectivity index (χ2v) is 4.70. The molecule has 0 saturated heterocycles. The van der Waals surface area contributed by atoms with E-state index < -0.39 is 5.97 Å². The van der Waals surface area contributed by atoms with Crippen molar-refractivity contribution in [3.05, 3.63) is 28.1 Å². The first-order chi connectivity index (χ1) is 9.08. The Hall–Kier alpha value is -1.79. The first-order valence-corrected chi connectivity index (χ1v) is 6.34. The van der Waals surface area contributed by atoms with Gasteiger partial charge in [0.15, 0.2) is 16.4 Å². The molecule has 2 aromatic rings. The number of rotatable bonds is 4. The quantitative estimate of drug-likeness (QED) is 0.939. The molecule has 7 heteroatoms. The third kappa shape index (κ3) is 2.50. The lowest BCUT2D eigenvalue weighted by molar-refractivity contribution is 0.0702. The summed E-state index contributed by atoms with van der Waals surface area (Å²) in [5.74, 6) is 0.0197. The molecule has 0 spiro atoms. The van der Waals surface area contributed by atoms with Crippen molar-refractivity contribution in [1.82, 2.24) is 4.37 Å². The molecular weight excluding hydrogens is 290 g/mol. The van der Waals surface area contributed by atoms with Crippen molar-refractivity contribution >= 4 is 29.1 Å². The fraction of sp³-hybridized carbons (Fsp3) is 0.167. The number of nitrogens with zero attached hydrogens (tertiary/aromatic N) is 1. The molecule has 0 atom stereocenters. The third-order valence-corrected chi connectivity index (χ3v) is 3.80. The van der Waals surface area contributed by atoms with Crippen molar-refractivity contribution < 1.29 is 19.4 Å². The highest BCUT2D eigenvalue weighted by Gasteiger charge is 2.19. The molecule has 0 radical (unpaired) electrons. The largest absolute Gasteiger partial charge is 0.493 e. The van der Waals surface area contributed by atoms with E-state index in [0.717, 1.165) is 11.5 Å². The van der Waals surface area contributed by atoms with E-state index in [1.54, 1.807) is 18.2 Å². The molecule has 100 valence electrons. The highest BCUT2D eigenvalue weighted by molar-refractivity contribution is 7.09. The summed E-state index contributed by atoms with van der Waals surface area (Å²) in [7, 11) is 3.06. The number of carbonyl (C=O) groups is 1. The molecule has 0 unspecified atom stereocenters. The van der Waals surface area contributed by atoms with E-state index in [1.807, 2.05) is 0 Å². The third-order valence-electron chi connectivity index (χ3n) is 2.49. The van der Waals surface area contributed by atoms with Crippen LogP contribution in [0.15, 0.2) is 18.2 Å². The van der Waals surface area contributed by atoms with Crippen LogP contribution in [0.4, 0.5) is 0 Å². The molecular formula is C12H10ClNO4S. The average molecular weight is 300 g/mol. The van der Waals surface area contributed by atoms with E-state index >= 15 is 0 Å². The SMILES string of the molecule is COc1ccc(-c2nsc(C(=O)O)c2Cl)cc1OC. The number of ether oxygens (including phenoxy) is 2. The maximum absolute atomic E-state index is 10.9. The summed E-state index contributed by atoms with van der Waals surface area (Å²) in [6.07, 6.45) is 0. The van der Waals surface area contributed by atoms with Gasteiger partial charge in [0.25, 0.3) is 0 Å². The molecule has 0 fully saturated rings. The summed E-state index contributed by atoms with van der Waals surface area (Å²) in [4.78, 5) is 11.0. The van der Waals surface area contributed by atoms with E-state index in [9.17, 15) is 4.79 Å². The molecule has 1 N–H and O–H groups in total. The maximum Gasteiger partial charge on any atom is 0.349 e. The van der Waals surface area contributed by atoms with Gasteiger partial charge in [-0.1, -0.05) is 11.6 Å². The summed E-state index contributed by atoms with van der Waals surface area (Å²) in [6.45, 7) is 0. The number of carboxylic acid groups (broad SMARTS) is 1. The molecule has 0 saturated carbocycles. The standard InChI is InChI=1S/C12H10ClNO4S/c1-17-7-4-3-6(5-8(7)18-2)10-9(13)11(12(15)16)19-14-10/h3-5H,1-2H3,(H,15,16). The van der Waals surface area contributed by atoms with Crippen LogP contribution in [0.5, 0.6) is 11.5 Å². The average Bonchev–Trinajstić information content (AvgIpc) is 2.80. The van der Waals surface area contributed by atoms with Crippen molar-refractivity contribution in [2.45, 2.75) is 0 Å². The molecule has 19 heavy (non-hydrogen) atoms. The van der Waals surface area contributed by atoms with Crippen LogP contribution < -0.4 is 9.47 Å². The van der Waals surface area contributed by atoms with Gasteiger partial charge in [-0.15, -0.1) is 0 Å². The van der Waals surface area contributed by atoms with E-state index in [2.05, 4.69) is 4.37 Å². The Balaban J connectivity index is 2.50. The Morgan fingerprint density at radius 1 is 1.32 bits per heavy atom. The summed E-state index contributed by atoms with van der Waals surface area (Å²) in [5.41, 5.74) is 1.09. The number of methoxy groups -OCH3 is 2. The van der Waals surface area contributed by atoms with E-state index in [0.29, 0.717) is 22.8 Å². The van der Waals surface area contributed by atoms with Gasteiger partial charge < -0.3 is 14.6 Å². The van der Waals surface area contributed by atoms with Crippen LogP contribution in [-0.4, -0.2) is 29.7 Å². The Morgan fingerprint density at radius 3 is 2.53 bits per heavy atom. The highest BCUT2D eigenvalue weighted by Crippen LogP contribution is 2.37. The van der Waals surface area contributed by atoms with Crippen LogP contribution in [0.1, 0.15) is 9.67 Å². The summed E-state index contributed by atoms with van der Waals surface area (Å²) >= 11 is 6.87. The van der Waals surface area contributed by atoms with Crippen molar-refractivity contribution in [3.8, 4) is 22.8 Å². The predicted octanol–water partition coefficient (Wildman–Crippen LogP) is 3.18. The Kier molecular flexibility index (Phi) is 3.92. The van der Waals surface area contributed by atoms with E-state index in [1.165, 1.54) is 14.2 Å². The zero-order valence-corrected chi connectivity index (χ0v) is 11.7. The van der Waals surface area contributed by atoms with Gasteiger partial charge >= 0.3 is 5.97 Å². The summed E-state index contributed by atoms with van der Waals surface area (Å²) < 4.78 is 14.4. The van der Waals surface area contributed by atoms with Crippen molar-refractivity contribution in [2.24, 2.45) is 0 Å². The molecule has 0 aliphatic rings. The number of halogens is 1. The van der Waals surface area contributed by atoms with Crippen molar-refractivity contribution in [2.75, 3.05) is 14.2 Å². The van der Waals surface area contributed by atoms with E-state index in [-0.39, 0.29) is 9.90 Å². The maximum atomic E-state index is 10.9. The minimum Gasteiger partial charge on any atom is -0.493 e. The van der Waals surface area contributed by atoms with Gasteiger partial charge in [0.05, 0.1) is 19.2 Å². The number of aromatic nitrogens is 1. The van der Waals surface area contributed by atoms with Gasteiger partial charge in [0.2, 0.25) is 0 Å². The molecule has 0 bridgehead atoms. The number of hydrogen-bond acceptors (Lipinski definition) is 5. The monoisotopic (exact) mass is 299 g/mol. The van der Waals surface area contributed by atoms with Crippen molar-refractivity contribution in [3.63, 3.8) is 0 Å². The van der Waals surface area contributed by atoms with Crippen molar-refractivity contribution in [1.29, 1.82) is 0 Å². The lowest BCUT2D eigenvalue weighted by Crippen LogP contribution is -1.93. The minimum absolute atomic E-state index is 0.0199. The number of carboxylic acids is 1. The smallest absolute Gasteiger partial charge is 0.349 e. The first-order valence-electron chi connectivity index (χ1n) is 5.19. The van der Waals surface area contributed by atoms with Crippen LogP contribution in [-0.2, 0) is 0 Å². The zero-order chi connectivity index (χ0) is 14.0. The van der Waals surface area contributed by atoms with Gasteiger partial charge in [-0.25, -0.2) is 4.79 Å². The number of aromatic carboxylic acids is 1. The topological polar surface area (TPSA) is 68.7 Å². The predicted molar refractivity (Wildman–Crippen MR) is 72.6 cm³/mol. The Bertz CT molecular complexity index is 626. The number of hydrogen-bond donors (Lipinski definition) is 1.